The van der Waals surface area contributed by atoms with Crippen molar-refractivity contribution in [1.29, 1.82) is 0 Å². The topological polar surface area (TPSA) is 35.9 Å². The Morgan fingerprint density at radius 2 is 1.35 bits per heavy atom. The van der Waals surface area contributed by atoms with Crippen LogP contribution in [-0.4, -0.2) is 14.1 Å². The molecule has 11 aromatic rings. The monoisotopic (exact) mass is 1030 g/mol. The summed E-state index contributed by atoms with van der Waals surface area (Å²) in [6.45, 7) is 6.28. The molecule has 0 bridgehead atoms. The third-order valence-electron chi connectivity index (χ3n) is 11.3. The summed E-state index contributed by atoms with van der Waals surface area (Å²) in [6, 6.07) is 42.4. The molecule has 6 heteroatoms. The van der Waals surface area contributed by atoms with Gasteiger partial charge in [0.05, 0.1) is 30.4 Å². The number of hydrogen-bond donors (Lipinski definition) is 0. The molecule has 5 nitrogen and oxygen atoms in total. The number of pyridine rings is 1. The second-order valence-electron chi connectivity index (χ2n) is 16.1. The SMILES string of the molecule is [2H]c1c([2H])c([2H])c(-c2cccc(-c3c([2H])c([2H])c([2H])c([2H])c3[2H])c2-[n+]2[c-]n(-c3[c-]c(Oc4[c-]c5c(cc4)c4cc(-c6ccccc6)ccc4n5-c4cc(CC(C)C)ccn4)ccc3)c3cccc(C)c32)c([2H])c1[2H].[Pt]. The van der Waals surface area contributed by atoms with Crippen molar-refractivity contribution < 1.29 is 44.1 Å². The minimum atomic E-state index is -0.572. The maximum atomic E-state index is 9.07. The fourth-order valence-corrected chi connectivity index (χ4v) is 8.58. The molecule has 0 fully saturated rings. The Bertz CT molecular complexity index is 3950. The van der Waals surface area contributed by atoms with Gasteiger partial charge in [0.2, 0.25) is 0 Å². The molecule has 0 aliphatic carbocycles. The quantitative estimate of drug-likeness (QED) is 0.101. The molecule has 0 unspecified atom stereocenters. The van der Waals surface area contributed by atoms with Crippen LogP contribution in [0.4, 0.5) is 0 Å². The molecular weight excluding hydrogens is 976 g/mol. The van der Waals surface area contributed by atoms with Crippen LogP contribution in [0.2, 0.25) is 0 Å². The molecule has 0 aliphatic rings. The van der Waals surface area contributed by atoms with E-state index in [4.69, 9.17) is 23.4 Å². The van der Waals surface area contributed by atoms with Crippen LogP contribution in [0.1, 0.15) is 38.7 Å². The molecule has 0 saturated heterocycles. The van der Waals surface area contributed by atoms with E-state index in [-0.39, 0.29) is 49.0 Å². The number of ether oxygens (including phenoxy) is 1. The van der Waals surface area contributed by atoms with Gasteiger partial charge in [-0.3, -0.25) is 4.57 Å². The van der Waals surface area contributed by atoms with Crippen LogP contribution < -0.4 is 9.30 Å². The van der Waals surface area contributed by atoms with Gasteiger partial charge < -0.3 is 13.9 Å². The predicted octanol–water partition coefficient (Wildman–Crippen LogP) is 14.1. The zero-order valence-electron chi connectivity index (χ0n) is 45.5. The smallest absolute Gasteiger partial charge is 0.268 e. The van der Waals surface area contributed by atoms with Crippen molar-refractivity contribution in [1.82, 2.24) is 14.1 Å². The van der Waals surface area contributed by atoms with E-state index in [0.29, 0.717) is 34.1 Å². The molecule has 318 valence electrons. The van der Waals surface area contributed by atoms with E-state index in [1.54, 1.807) is 33.4 Å². The van der Waals surface area contributed by atoms with Crippen molar-refractivity contribution in [2.75, 3.05) is 0 Å². The van der Waals surface area contributed by atoms with Crippen molar-refractivity contribution in [2.24, 2.45) is 5.92 Å². The van der Waals surface area contributed by atoms with E-state index in [1.807, 2.05) is 73.8 Å². The fourth-order valence-electron chi connectivity index (χ4n) is 8.58. The number of para-hydroxylation sites is 2. The average Bonchev–Trinajstić information content (AvgIpc) is 3.97. The zero-order chi connectivity index (χ0) is 51.9. The summed E-state index contributed by atoms with van der Waals surface area (Å²) in [7, 11) is 0. The molecule has 0 N–H and O–H groups in total. The first-order valence-corrected chi connectivity index (χ1v) is 21.1. The third kappa shape index (κ3) is 7.87. The van der Waals surface area contributed by atoms with E-state index >= 15 is 0 Å². The average molecular weight is 1030 g/mol. The molecular formula is C59H44N4OPt-2. The summed E-state index contributed by atoms with van der Waals surface area (Å²) in [4.78, 5) is 4.87. The van der Waals surface area contributed by atoms with E-state index < -0.39 is 60.4 Å². The van der Waals surface area contributed by atoms with Crippen molar-refractivity contribution in [3.05, 3.63) is 224 Å². The number of hydrogen-bond acceptors (Lipinski definition) is 2. The first-order valence-electron chi connectivity index (χ1n) is 26.1. The van der Waals surface area contributed by atoms with Crippen LogP contribution in [0.25, 0.3) is 83.4 Å². The van der Waals surface area contributed by atoms with Crippen molar-refractivity contribution >= 4 is 32.8 Å². The van der Waals surface area contributed by atoms with Crippen LogP contribution in [0, 0.1) is 31.3 Å². The van der Waals surface area contributed by atoms with Crippen molar-refractivity contribution in [3.8, 4) is 62.1 Å². The van der Waals surface area contributed by atoms with E-state index in [0.717, 1.165) is 50.7 Å². The number of rotatable bonds is 10. The Morgan fingerprint density at radius 3 is 2.09 bits per heavy atom. The Balaban J connectivity index is 0.00000641. The van der Waals surface area contributed by atoms with Crippen LogP contribution in [0.5, 0.6) is 11.5 Å². The van der Waals surface area contributed by atoms with Crippen LogP contribution >= 0.6 is 0 Å². The van der Waals surface area contributed by atoms with E-state index in [9.17, 15) is 0 Å². The molecule has 0 radical (unpaired) electrons. The minimum Gasteiger partial charge on any atom is -0.510 e. The number of imidazole rings is 1. The van der Waals surface area contributed by atoms with Gasteiger partial charge in [-0.1, -0.05) is 159 Å². The number of nitrogens with zero attached hydrogens (tertiary/aromatic N) is 4. The molecule has 0 spiro atoms. The zero-order valence-corrected chi connectivity index (χ0v) is 37.8. The van der Waals surface area contributed by atoms with Gasteiger partial charge in [0.1, 0.15) is 5.82 Å². The summed E-state index contributed by atoms with van der Waals surface area (Å²) < 4.78 is 99.6. The van der Waals surface area contributed by atoms with Crippen molar-refractivity contribution in [2.45, 2.75) is 27.2 Å². The molecule has 0 saturated carbocycles. The standard InChI is InChI=1S/C59H44N4O.Pt/c1-40(2)34-42-32-33-60-57(35-42)63-54-31-28-46(43-17-7-4-8-18-43)36-53(54)52-30-29-49(38-56(52)63)64-48-24-14-23-47(37-48)61-39-62(58-41(3)16-13-27-55(58)61)59-50(44-19-9-5-10-20-44)25-15-26-51(59)45-21-11-6-12-22-45;/h4-33,35-36,40H,34H2,1-3H3;/q-2;/i5D,6D,9D,10D,11D,12D,19D,20D,21D,22D;. The van der Waals surface area contributed by atoms with Gasteiger partial charge in [-0.05, 0) is 93.0 Å². The molecule has 0 amide bonds. The minimum absolute atomic E-state index is 0. The summed E-state index contributed by atoms with van der Waals surface area (Å²) in [5, 5.41) is 2.01. The normalized spacial score (nSPS) is 13.5. The molecule has 3 aromatic heterocycles. The Morgan fingerprint density at radius 1 is 0.646 bits per heavy atom. The third-order valence-corrected chi connectivity index (χ3v) is 11.3. The fraction of sp³-hybridized carbons (Fsp3) is 0.0847. The summed E-state index contributed by atoms with van der Waals surface area (Å²) in [6.07, 6.45) is 6.20. The number of aromatic nitrogens is 4. The Kier molecular flexibility index (Phi) is 8.57. The largest absolute Gasteiger partial charge is 0.510 e. The van der Waals surface area contributed by atoms with Crippen LogP contribution in [-0.2, 0) is 27.5 Å². The molecule has 0 aliphatic heterocycles. The van der Waals surface area contributed by atoms with Crippen LogP contribution in [0.15, 0.2) is 194 Å². The van der Waals surface area contributed by atoms with Gasteiger partial charge in [0.15, 0.2) is 0 Å². The number of aryl methyl sites for hydroxylation is 1. The van der Waals surface area contributed by atoms with Crippen molar-refractivity contribution in [3.63, 3.8) is 0 Å². The first kappa shape index (κ1) is 31.5. The Hall–Kier alpha value is -7.33. The predicted molar refractivity (Wildman–Crippen MR) is 260 cm³/mol. The van der Waals surface area contributed by atoms with E-state index in [2.05, 4.69) is 79.3 Å². The summed E-state index contributed by atoms with van der Waals surface area (Å²) in [5.41, 5.74) is 7.76. The van der Waals surface area contributed by atoms with Gasteiger partial charge in [-0.2, -0.15) is 18.2 Å². The molecule has 0 atom stereocenters. The summed E-state index contributed by atoms with van der Waals surface area (Å²) in [5.74, 6) is 2.00. The van der Waals surface area contributed by atoms with Gasteiger partial charge >= 0.3 is 0 Å². The van der Waals surface area contributed by atoms with Crippen LogP contribution in [0.3, 0.4) is 0 Å². The maximum absolute atomic E-state index is 9.07. The number of benzene rings is 8. The number of fused-ring (bicyclic) bond motifs is 4. The van der Waals surface area contributed by atoms with E-state index in [1.165, 1.54) is 5.56 Å². The first-order chi connectivity index (χ1) is 35.6. The molecule has 3 heterocycles. The van der Waals surface area contributed by atoms with Gasteiger partial charge in [-0.25, -0.2) is 4.98 Å². The Labute approximate surface area is 408 Å². The second kappa shape index (κ2) is 17.7. The molecule has 11 rings (SSSR count). The molecule has 8 aromatic carbocycles. The molecule has 65 heavy (non-hydrogen) atoms. The van der Waals surface area contributed by atoms with Gasteiger partial charge in [0, 0.05) is 44.3 Å². The second-order valence-corrected chi connectivity index (χ2v) is 16.1. The van der Waals surface area contributed by atoms with Gasteiger partial charge in [-0.15, -0.1) is 29.7 Å². The van der Waals surface area contributed by atoms with Gasteiger partial charge in [0.25, 0.3) is 6.33 Å². The maximum Gasteiger partial charge on any atom is 0.268 e. The summed E-state index contributed by atoms with van der Waals surface area (Å²) >= 11 is 0.